The Morgan fingerprint density at radius 2 is 1.47 bits per heavy atom. The largest absolute Gasteiger partial charge is 0.472 e. The summed E-state index contributed by atoms with van der Waals surface area (Å²) >= 11 is 11.8. The summed E-state index contributed by atoms with van der Waals surface area (Å²) in [4.78, 5) is 24.8. The molecule has 0 saturated carbocycles. The minimum absolute atomic E-state index is 0.278. The van der Waals surface area contributed by atoms with Crippen LogP contribution < -0.4 is 15.6 Å². The number of hydrogen-bond acceptors (Lipinski definition) is 4. The fourth-order valence-electron chi connectivity index (χ4n) is 2.88. The van der Waals surface area contributed by atoms with Crippen LogP contribution in [0.15, 0.2) is 89.7 Å². The molecule has 8 heteroatoms. The van der Waals surface area contributed by atoms with E-state index in [1.165, 1.54) is 16.8 Å². The molecular weight excluding hydrogens is 449 g/mol. The zero-order valence-corrected chi connectivity index (χ0v) is 18.2. The van der Waals surface area contributed by atoms with Gasteiger partial charge in [0, 0.05) is 33.4 Å². The molecule has 0 saturated heterocycles. The van der Waals surface area contributed by atoms with Crippen LogP contribution in [0.2, 0.25) is 10.0 Å². The van der Waals surface area contributed by atoms with Crippen LogP contribution in [-0.4, -0.2) is 15.7 Å². The third-order valence-corrected chi connectivity index (χ3v) is 5.06. The zero-order valence-electron chi connectivity index (χ0n) is 16.7. The Hall–Kier alpha value is -3.61. The predicted molar refractivity (Wildman–Crippen MR) is 125 cm³/mol. The molecule has 0 aliphatic rings. The fraction of sp³-hybridized carbons (Fsp3) is 0.0417. The van der Waals surface area contributed by atoms with Gasteiger partial charge in [-0.15, -0.1) is 5.10 Å². The number of benzene rings is 3. The van der Waals surface area contributed by atoms with Gasteiger partial charge in [0.15, 0.2) is 0 Å². The quantitative estimate of drug-likeness (QED) is 0.415. The molecule has 0 aliphatic carbocycles. The first-order chi connectivity index (χ1) is 15.5. The standard InChI is InChI=1S/C24H17Cl2N3O3/c25-18-5-1-16(2-6-18)15-32-22-13-14-23(30)29(28-22)21-11-3-17(4-12-21)24(31)27-20-9-7-19(26)8-10-20/h1-14H,15H2,(H,27,31). The molecule has 0 fully saturated rings. The van der Waals surface area contributed by atoms with Crippen LogP contribution in [0.3, 0.4) is 0 Å². The molecular formula is C24H17Cl2N3O3. The van der Waals surface area contributed by atoms with Gasteiger partial charge in [-0.05, 0) is 66.2 Å². The van der Waals surface area contributed by atoms with Gasteiger partial charge in [0.1, 0.15) is 6.61 Å². The SMILES string of the molecule is O=C(Nc1ccc(Cl)cc1)c1ccc(-n2nc(OCc3ccc(Cl)cc3)ccc2=O)cc1. The minimum atomic E-state index is -0.317. The summed E-state index contributed by atoms with van der Waals surface area (Å²) in [7, 11) is 0. The van der Waals surface area contributed by atoms with Crippen molar-refractivity contribution >= 4 is 34.8 Å². The van der Waals surface area contributed by atoms with E-state index in [0.29, 0.717) is 32.9 Å². The van der Waals surface area contributed by atoms with Crippen LogP contribution in [0.5, 0.6) is 5.88 Å². The summed E-state index contributed by atoms with van der Waals surface area (Å²) in [6.07, 6.45) is 0. The summed E-state index contributed by atoms with van der Waals surface area (Å²) in [5.41, 5.74) is 2.18. The number of amides is 1. The highest BCUT2D eigenvalue weighted by Gasteiger charge is 2.09. The molecule has 160 valence electrons. The summed E-state index contributed by atoms with van der Waals surface area (Å²) in [6, 6.07) is 23.5. The number of nitrogens with one attached hydrogen (secondary N) is 1. The maximum atomic E-state index is 12.5. The van der Waals surface area contributed by atoms with Crippen molar-refractivity contribution in [1.29, 1.82) is 0 Å². The van der Waals surface area contributed by atoms with Crippen LogP contribution in [0.25, 0.3) is 5.69 Å². The van der Waals surface area contributed by atoms with Gasteiger partial charge < -0.3 is 10.1 Å². The van der Waals surface area contributed by atoms with E-state index in [4.69, 9.17) is 27.9 Å². The molecule has 0 spiro atoms. The van der Waals surface area contributed by atoms with E-state index in [1.54, 1.807) is 60.7 Å². The molecule has 0 bridgehead atoms. The lowest BCUT2D eigenvalue weighted by Crippen LogP contribution is -2.20. The van der Waals surface area contributed by atoms with E-state index in [2.05, 4.69) is 10.4 Å². The molecule has 4 aromatic rings. The van der Waals surface area contributed by atoms with E-state index < -0.39 is 0 Å². The lowest BCUT2D eigenvalue weighted by Gasteiger charge is -2.10. The van der Waals surface area contributed by atoms with Gasteiger partial charge in [0.25, 0.3) is 11.5 Å². The normalized spacial score (nSPS) is 10.6. The van der Waals surface area contributed by atoms with Gasteiger partial charge in [-0.25, -0.2) is 0 Å². The molecule has 1 N–H and O–H groups in total. The highest BCUT2D eigenvalue weighted by molar-refractivity contribution is 6.30. The van der Waals surface area contributed by atoms with Gasteiger partial charge in [-0.3, -0.25) is 9.59 Å². The Balaban J connectivity index is 1.47. The van der Waals surface area contributed by atoms with Gasteiger partial charge in [0.2, 0.25) is 5.88 Å². The van der Waals surface area contributed by atoms with Crippen molar-refractivity contribution < 1.29 is 9.53 Å². The average molecular weight is 466 g/mol. The average Bonchev–Trinajstić information content (AvgIpc) is 2.81. The van der Waals surface area contributed by atoms with Crippen LogP contribution in [0, 0.1) is 0 Å². The highest BCUT2D eigenvalue weighted by atomic mass is 35.5. The van der Waals surface area contributed by atoms with E-state index in [1.807, 2.05) is 12.1 Å². The van der Waals surface area contributed by atoms with E-state index in [9.17, 15) is 9.59 Å². The highest BCUT2D eigenvalue weighted by Crippen LogP contribution is 2.16. The number of nitrogens with zero attached hydrogens (tertiary/aromatic N) is 2. The maximum absolute atomic E-state index is 12.5. The zero-order chi connectivity index (χ0) is 22.5. The Kier molecular flexibility index (Phi) is 6.54. The molecule has 1 amide bonds. The topological polar surface area (TPSA) is 73.2 Å². The first kappa shape index (κ1) is 21.6. The monoisotopic (exact) mass is 465 g/mol. The number of aromatic nitrogens is 2. The number of hydrogen-bond donors (Lipinski definition) is 1. The molecule has 0 aliphatic heterocycles. The smallest absolute Gasteiger partial charge is 0.271 e. The van der Waals surface area contributed by atoms with Gasteiger partial charge in [0.05, 0.1) is 5.69 Å². The number of carbonyl (C=O) groups is 1. The Labute approximate surface area is 194 Å². The Bertz CT molecular complexity index is 1290. The number of rotatable bonds is 6. The van der Waals surface area contributed by atoms with Crippen LogP contribution >= 0.6 is 23.2 Å². The lowest BCUT2D eigenvalue weighted by atomic mass is 10.2. The summed E-state index contributed by atoms with van der Waals surface area (Å²) in [6.45, 7) is 0.284. The van der Waals surface area contributed by atoms with Gasteiger partial charge in [-0.1, -0.05) is 35.3 Å². The van der Waals surface area contributed by atoms with E-state index in [-0.39, 0.29) is 18.1 Å². The third-order valence-electron chi connectivity index (χ3n) is 4.55. The second-order valence-corrected chi connectivity index (χ2v) is 7.72. The third kappa shape index (κ3) is 5.35. The first-order valence-corrected chi connectivity index (χ1v) is 10.4. The number of anilines is 1. The number of ether oxygens (including phenoxy) is 1. The van der Waals surface area contributed by atoms with Crippen LogP contribution in [0.1, 0.15) is 15.9 Å². The minimum Gasteiger partial charge on any atom is -0.472 e. The lowest BCUT2D eigenvalue weighted by molar-refractivity contribution is 0.102. The Morgan fingerprint density at radius 3 is 2.12 bits per heavy atom. The molecule has 0 radical (unpaired) electrons. The maximum Gasteiger partial charge on any atom is 0.271 e. The molecule has 32 heavy (non-hydrogen) atoms. The number of carbonyl (C=O) groups excluding carboxylic acids is 1. The van der Waals surface area contributed by atoms with Crippen molar-refractivity contribution in [3.8, 4) is 11.6 Å². The van der Waals surface area contributed by atoms with Crippen LogP contribution in [-0.2, 0) is 6.61 Å². The van der Waals surface area contributed by atoms with Crippen molar-refractivity contribution in [1.82, 2.24) is 9.78 Å². The van der Waals surface area contributed by atoms with Crippen molar-refractivity contribution in [2.24, 2.45) is 0 Å². The fourth-order valence-corrected chi connectivity index (χ4v) is 3.14. The summed E-state index contributed by atoms with van der Waals surface area (Å²) < 4.78 is 6.92. The van der Waals surface area contributed by atoms with Crippen molar-refractivity contribution in [3.05, 3.63) is 116 Å². The molecule has 1 heterocycles. The summed E-state index contributed by atoms with van der Waals surface area (Å²) in [5, 5.41) is 8.29. The first-order valence-electron chi connectivity index (χ1n) is 9.63. The second-order valence-electron chi connectivity index (χ2n) is 6.84. The molecule has 6 nitrogen and oxygen atoms in total. The molecule has 0 unspecified atom stereocenters. The summed E-state index contributed by atoms with van der Waals surface area (Å²) in [5.74, 6) is 0.0170. The second kappa shape index (κ2) is 9.68. The van der Waals surface area contributed by atoms with Gasteiger partial charge >= 0.3 is 0 Å². The van der Waals surface area contributed by atoms with Crippen LogP contribution in [0.4, 0.5) is 5.69 Å². The van der Waals surface area contributed by atoms with Crippen molar-refractivity contribution in [2.45, 2.75) is 6.61 Å². The number of halogens is 2. The van der Waals surface area contributed by atoms with E-state index >= 15 is 0 Å². The molecule has 3 aromatic carbocycles. The van der Waals surface area contributed by atoms with E-state index in [0.717, 1.165) is 5.56 Å². The molecule has 0 atom stereocenters. The predicted octanol–water partition coefficient (Wildman–Crippen LogP) is 5.37. The van der Waals surface area contributed by atoms with Gasteiger partial charge in [-0.2, -0.15) is 4.68 Å². The molecule has 4 rings (SSSR count). The van der Waals surface area contributed by atoms with Crippen molar-refractivity contribution in [3.63, 3.8) is 0 Å². The molecule has 1 aromatic heterocycles. The van der Waals surface area contributed by atoms with Crippen molar-refractivity contribution in [2.75, 3.05) is 5.32 Å². The Morgan fingerprint density at radius 1 is 0.844 bits per heavy atom.